The number of amides is 1. The molecule has 1 N–H and O–H groups in total. The van der Waals surface area contributed by atoms with Gasteiger partial charge in [0.2, 0.25) is 0 Å². The molecule has 138 valence electrons. The highest BCUT2D eigenvalue weighted by molar-refractivity contribution is 5.97. The van der Waals surface area contributed by atoms with E-state index in [0.29, 0.717) is 17.9 Å². The van der Waals surface area contributed by atoms with Crippen LogP contribution in [-0.2, 0) is 0 Å². The van der Waals surface area contributed by atoms with Gasteiger partial charge in [-0.1, -0.05) is 42.0 Å². The molecule has 5 heteroatoms. The van der Waals surface area contributed by atoms with Crippen molar-refractivity contribution in [2.24, 2.45) is 0 Å². The highest BCUT2D eigenvalue weighted by Crippen LogP contribution is 2.30. The molecule has 27 heavy (non-hydrogen) atoms. The van der Waals surface area contributed by atoms with Crippen LogP contribution in [0.1, 0.15) is 34.0 Å². The Kier molecular flexibility index (Phi) is 4.67. The van der Waals surface area contributed by atoms with Gasteiger partial charge in [-0.25, -0.2) is 0 Å². The SMILES string of the molecule is COc1ccccc1C(=O)N1CCC(c2cc(-c3ccc(C)cc3)n[nH]2)C1. The van der Waals surface area contributed by atoms with E-state index in [0.717, 1.165) is 29.9 Å². The number of nitrogens with one attached hydrogen (secondary N) is 1. The lowest BCUT2D eigenvalue weighted by atomic mass is 10.0. The molecule has 5 nitrogen and oxygen atoms in total. The van der Waals surface area contributed by atoms with Gasteiger partial charge in [0.1, 0.15) is 5.75 Å². The molecule has 1 fully saturated rings. The number of aromatic amines is 1. The van der Waals surface area contributed by atoms with Gasteiger partial charge in [0.05, 0.1) is 18.4 Å². The van der Waals surface area contributed by atoms with Crippen LogP contribution in [0.2, 0.25) is 0 Å². The summed E-state index contributed by atoms with van der Waals surface area (Å²) in [6.45, 7) is 3.50. The molecule has 0 bridgehead atoms. The van der Waals surface area contributed by atoms with Gasteiger partial charge in [-0.2, -0.15) is 5.10 Å². The number of benzene rings is 2. The maximum atomic E-state index is 12.9. The normalized spacial score (nSPS) is 16.5. The zero-order valence-electron chi connectivity index (χ0n) is 15.6. The van der Waals surface area contributed by atoms with Crippen LogP contribution in [0.25, 0.3) is 11.3 Å². The molecular formula is C22H23N3O2. The van der Waals surface area contributed by atoms with Crippen LogP contribution in [0.3, 0.4) is 0 Å². The van der Waals surface area contributed by atoms with E-state index in [9.17, 15) is 4.79 Å². The van der Waals surface area contributed by atoms with Crippen LogP contribution in [0, 0.1) is 6.92 Å². The molecule has 1 saturated heterocycles. The van der Waals surface area contributed by atoms with Gasteiger partial charge in [-0.15, -0.1) is 0 Å². The maximum absolute atomic E-state index is 12.9. The smallest absolute Gasteiger partial charge is 0.257 e. The van der Waals surface area contributed by atoms with Crippen molar-refractivity contribution in [3.8, 4) is 17.0 Å². The number of ether oxygens (including phenoxy) is 1. The largest absolute Gasteiger partial charge is 0.496 e. The molecule has 1 atom stereocenters. The van der Waals surface area contributed by atoms with Crippen molar-refractivity contribution in [2.75, 3.05) is 20.2 Å². The summed E-state index contributed by atoms with van der Waals surface area (Å²) in [6, 6.07) is 17.8. The zero-order chi connectivity index (χ0) is 18.8. The number of rotatable bonds is 4. The lowest BCUT2D eigenvalue weighted by Gasteiger charge is -2.17. The molecule has 0 spiro atoms. The van der Waals surface area contributed by atoms with Crippen molar-refractivity contribution in [1.29, 1.82) is 0 Å². The summed E-state index contributed by atoms with van der Waals surface area (Å²) in [5.41, 5.74) is 4.98. The number of aromatic nitrogens is 2. The number of nitrogens with zero attached hydrogens (tertiary/aromatic N) is 2. The third kappa shape index (κ3) is 3.45. The first-order chi connectivity index (χ1) is 13.2. The Hall–Kier alpha value is -3.08. The van der Waals surface area contributed by atoms with Crippen molar-refractivity contribution in [2.45, 2.75) is 19.3 Å². The first-order valence-electron chi connectivity index (χ1n) is 9.20. The van der Waals surface area contributed by atoms with Crippen LogP contribution >= 0.6 is 0 Å². The maximum Gasteiger partial charge on any atom is 0.257 e. The molecule has 1 amide bonds. The summed E-state index contributed by atoms with van der Waals surface area (Å²) in [7, 11) is 1.59. The minimum Gasteiger partial charge on any atom is -0.496 e. The van der Waals surface area contributed by atoms with Crippen LogP contribution in [0.5, 0.6) is 5.75 Å². The van der Waals surface area contributed by atoms with E-state index in [1.165, 1.54) is 5.56 Å². The molecule has 3 aromatic rings. The zero-order valence-corrected chi connectivity index (χ0v) is 15.6. The Labute approximate surface area is 159 Å². The van der Waals surface area contributed by atoms with Gasteiger partial charge >= 0.3 is 0 Å². The molecule has 0 aliphatic carbocycles. The molecule has 1 unspecified atom stereocenters. The number of aryl methyl sites for hydroxylation is 1. The van der Waals surface area contributed by atoms with E-state index in [1.54, 1.807) is 7.11 Å². The topological polar surface area (TPSA) is 58.2 Å². The number of hydrogen-bond donors (Lipinski definition) is 1. The summed E-state index contributed by atoms with van der Waals surface area (Å²) >= 11 is 0. The molecular weight excluding hydrogens is 338 g/mol. The van der Waals surface area contributed by atoms with Crippen molar-refractivity contribution >= 4 is 5.91 Å². The number of methoxy groups -OCH3 is 1. The first-order valence-corrected chi connectivity index (χ1v) is 9.20. The Morgan fingerprint density at radius 1 is 1.19 bits per heavy atom. The Morgan fingerprint density at radius 3 is 2.74 bits per heavy atom. The van der Waals surface area contributed by atoms with Crippen molar-refractivity contribution in [1.82, 2.24) is 15.1 Å². The van der Waals surface area contributed by atoms with E-state index in [-0.39, 0.29) is 11.8 Å². The first kappa shape index (κ1) is 17.3. The molecule has 2 heterocycles. The number of carbonyl (C=O) groups excluding carboxylic acids is 1. The monoisotopic (exact) mass is 361 g/mol. The fourth-order valence-corrected chi connectivity index (χ4v) is 3.61. The summed E-state index contributed by atoms with van der Waals surface area (Å²) in [6.07, 6.45) is 0.927. The molecule has 1 aromatic heterocycles. The van der Waals surface area contributed by atoms with Gasteiger partial charge in [0.15, 0.2) is 0 Å². The minimum atomic E-state index is 0.0215. The van der Waals surface area contributed by atoms with Crippen molar-refractivity contribution in [3.05, 3.63) is 71.4 Å². The number of H-pyrrole nitrogens is 1. The number of likely N-dealkylation sites (tertiary alicyclic amines) is 1. The standard InChI is InChI=1S/C22H23N3O2/c1-15-7-9-16(10-8-15)19-13-20(24-23-19)17-11-12-25(14-17)22(26)18-5-3-4-6-21(18)27-2/h3-10,13,17H,11-12,14H2,1-2H3,(H,23,24). The number of hydrogen-bond acceptors (Lipinski definition) is 3. The second kappa shape index (κ2) is 7.27. The van der Waals surface area contributed by atoms with E-state index in [4.69, 9.17) is 4.74 Å². The van der Waals surface area contributed by atoms with Gasteiger partial charge < -0.3 is 9.64 Å². The third-order valence-corrected chi connectivity index (χ3v) is 5.20. The molecule has 2 aromatic carbocycles. The molecule has 0 saturated carbocycles. The Morgan fingerprint density at radius 2 is 1.96 bits per heavy atom. The van der Waals surface area contributed by atoms with E-state index in [1.807, 2.05) is 29.2 Å². The predicted octanol–water partition coefficient (Wildman–Crippen LogP) is 4.02. The quantitative estimate of drug-likeness (QED) is 0.763. The third-order valence-electron chi connectivity index (χ3n) is 5.20. The minimum absolute atomic E-state index is 0.0215. The number of carbonyl (C=O) groups is 1. The fraction of sp³-hybridized carbons (Fsp3) is 0.273. The van der Waals surface area contributed by atoms with Gasteiger partial charge in [-0.3, -0.25) is 9.89 Å². The fourth-order valence-electron chi connectivity index (χ4n) is 3.61. The molecule has 1 aliphatic rings. The lowest BCUT2D eigenvalue weighted by Crippen LogP contribution is -2.28. The lowest BCUT2D eigenvalue weighted by molar-refractivity contribution is 0.0787. The number of para-hydroxylation sites is 1. The van der Waals surface area contributed by atoms with Gasteiger partial charge in [0.25, 0.3) is 5.91 Å². The highest BCUT2D eigenvalue weighted by Gasteiger charge is 2.30. The summed E-state index contributed by atoms with van der Waals surface area (Å²) < 4.78 is 5.33. The van der Waals surface area contributed by atoms with Gasteiger partial charge in [-0.05, 0) is 31.5 Å². The van der Waals surface area contributed by atoms with E-state index < -0.39 is 0 Å². The van der Waals surface area contributed by atoms with Crippen LogP contribution in [0.4, 0.5) is 0 Å². The predicted molar refractivity (Wildman–Crippen MR) is 105 cm³/mol. The summed E-state index contributed by atoms with van der Waals surface area (Å²) in [4.78, 5) is 14.8. The van der Waals surface area contributed by atoms with Crippen molar-refractivity contribution < 1.29 is 9.53 Å². The summed E-state index contributed by atoms with van der Waals surface area (Å²) in [5.74, 6) is 0.915. The van der Waals surface area contributed by atoms with Crippen LogP contribution in [0.15, 0.2) is 54.6 Å². The average molecular weight is 361 g/mol. The molecule has 4 rings (SSSR count). The van der Waals surface area contributed by atoms with Crippen LogP contribution in [-0.4, -0.2) is 41.2 Å². The molecule has 1 aliphatic heterocycles. The highest BCUT2D eigenvalue weighted by atomic mass is 16.5. The Bertz CT molecular complexity index is 946. The van der Waals surface area contributed by atoms with Gasteiger partial charge in [0, 0.05) is 30.3 Å². The molecule has 0 radical (unpaired) electrons. The average Bonchev–Trinajstić information content (AvgIpc) is 3.37. The second-order valence-corrected chi connectivity index (χ2v) is 7.01. The summed E-state index contributed by atoms with van der Waals surface area (Å²) in [5, 5.41) is 7.64. The second-order valence-electron chi connectivity index (χ2n) is 7.01. The van der Waals surface area contributed by atoms with Crippen LogP contribution < -0.4 is 4.74 Å². The Balaban J connectivity index is 1.48. The van der Waals surface area contributed by atoms with Crippen molar-refractivity contribution in [3.63, 3.8) is 0 Å². The van der Waals surface area contributed by atoms with E-state index >= 15 is 0 Å². The van der Waals surface area contributed by atoms with E-state index in [2.05, 4.69) is 47.5 Å².